The third kappa shape index (κ3) is 5.68. The van der Waals surface area contributed by atoms with Crippen LogP contribution in [0.1, 0.15) is 77.6 Å². The SMILES string of the molecule is CCc1cccc(C)c1C(C)/C(COc1ccc2c(n1)[C@@H](C(F)(F)F)Cc1ccc(N)cc1C2)=C(\ON)C1CC1. The number of hydrogen-bond donors (Lipinski definition) is 2. The van der Waals surface area contributed by atoms with Crippen molar-refractivity contribution in [3.63, 3.8) is 0 Å². The van der Waals surface area contributed by atoms with Crippen molar-refractivity contribution in [3.05, 3.63) is 98.9 Å². The van der Waals surface area contributed by atoms with Gasteiger partial charge in [-0.1, -0.05) is 44.2 Å². The van der Waals surface area contributed by atoms with Crippen LogP contribution in [-0.4, -0.2) is 17.8 Å². The molecule has 1 unspecified atom stereocenters. The van der Waals surface area contributed by atoms with Gasteiger partial charge >= 0.3 is 6.18 Å². The van der Waals surface area contributed by atoms with Gasteiger partial charge in [-0.3, -0.25) is 0 Å². The number of ether oxygens (including phenoxy) is 1. The minimum Gasteiger partial charge on any atom is -0.473 e. The Bertz CT molecular complexity index is 1430. The summed E-state index contributed by atoms with van der Waals surface area (Å²) in [6.07, 6.45) is -1.49. The van der Waals surface area contributed by atoms with E-state index in [1.807, 2.05) is 0 Å². The fourth-order valence-corrected chi connectivity index (χ4v) is 6.00. The number of benzene rings is 2. The molecular weight excluding hydrogens is 515 g/mol. The van der Waals surface area contributed by atoms with E-state index in [-0.39, 0.29) is 36.4 Å². The Labute approximate surface area is 233 Å². The molecule has 5 nitrogen and oxygen atoms in total. The van der Waals surface area contributed by atoms with Gasteiger partial charge in [-0.05, 0) is 84.5 Å². The highest BCUT2D eigenvalue weighted by molar-refractivity contribution is 5.50. The molecular formula is C32H36F3N3O2. The summed E-state index contributed by atoms with van der Waals surface area (Å²) in [4.78, 5) is 9.87. The van der Waals surface area contributed by atoms with E-state index < -0.39 is 12.1 Å². The summed E-state index contributed by atoms with van der Waals surface area (Å²) >= 11 is 0. The number of halogens is 3. The standard InChI is InChI=1S/C32H36F3N3O2/c1-4-20-7-5-6-18(2)29(20)19(3)26(31(40-37)21-8-9-21)17-39-28-13-11-23-14-24-15-25(36)12-10-22(24)16-27(30(23)38-28)32(33,34)35/h5-7,10-13,15,19,21,27H,4,8-9,14,16-17,36-37H2,1-3H3/b31-26-/t19?,27-/m0/s1. The molecule has 1 aromatic heterocycles. The van der Waals surface area contributed by atoms with Crippen molar-refractivity contribution < 1.29 is 22.7 Å². The molecule has 2 aliphatic carbocycles. The lowest BCUT2D eigenvalue weighted by Crippen LogP contribution is -2.24. The summed E-state index contributed by atoms with van der Waals surface area (Å²) in [6, 6.07) is 14.7. The number of fused-ring (bicyclic) bond motifs is 2. The summed E-state index contributed by atoms with van der Waals surface area (Å²) in [7, 11) is 0. The second-order valence-corrected chi connectivity index (χ2v) is 11.0. The Hall–Kier alpha value is -3.52. The maximum Gasteiger partial charge on any atom is 0.397 e. The summed E-state index contributed by atoms with van der Waals surface area (Å²) in [5, 5.41) is 0. The molecule has 2 aromatic carbocycles. The second kappa shape index (κ2) is 11.2. The van der Waals surface area contributed by atoms with Crippen molar-refractivity contribution in [2.24, 2.45) is 11.8 Å². The highest BCUT2D eigenvalue weighted by Gasteiger charge is 2.44. The van der Waals surface area contributed by atoms with E-state index in [0.717, 1.165) is 36.0 Å². The molecule has 0 saturated heterocycles. The third-order valence-electron chi connectivity index (χ3n) is 8.27. The van der Waals surface area contributed by atoms with Gasteiger partial charge in [0.1, 0.15) is 18.3 Å². The van der Waals surface area contributed by atoms with E-state index in [1.165, 1.54) is 11.1 Å². The number of aromatic nitrogens is 1. The highest BCUT2D eigenvalue weighted by Crippen LogP contribution is 2.44. The van der Waals surface area contributed by atoms with Gasteiger partial charge in [0.15, 0.2) is 0 Å². The van der Waals surface area contributed by atoms with Crippen LogP contribution in [0.5, 0.6) is 5.88 Å². The van der Waals surface area contributed by atoms with Gasteiger partial charge < -0.3 is 15.3 Å². The van der Waals surface area contributed by atoms with E-state index in [2.05, 4.69) is 44.0 Å². The first-order valence-corrected chi connectivity index (χ1v) is 13.8. The average molecular weight is 552 g/mol. The van der Waals surface area contributed by atoms with Crippen molar-refractivity contribution in [2.75, 3.05) is 12.3 Å². The Morgan fingerprint density at radius 2 is 1.82 bits per heavy atom. The molecule has 1 fully saturated rings. The van der Waals surface area contributed by atoms with Crippen LogP contribution in [0.25, 0.3) is 0 Å². The summed E-state index contributed by atoms with van der Waals surface area (Å²) < 4.78 is 49.1. The van der Waals surface area contributed by atoms with Gasteiger partial charge in [0, 0.05) is 29.2 Å². The Morgan fingerprint density at radius 3 is 2.50 bits per heavy atom. The van der Waals surface area contributed by atoms with Gasteiger partial charge in [-0.25, -0.2) is 4.98 Å². The molecule has 5 rings (SSSR count). The second-order valence-electron chi connectivity index (χ2n) is 11.0. The first kappa shape index (κ1) is 28.0. The summed E-state index contributed by atoms with van der Waals surface area (Å²) in [5.41, 5.74) is 12.9. The molecule has 0 radical (unpaired) electrons. The van der Waals surface area contributed by atoms with Crippen molar-refractivity contribution in [3.8, 4) is 5.88 Å². The number of rotatable bonds is 8. The quantitative estimate of drug-likeness (QED) is 0.178. The van der Waals surface area contributed by atoms with Crippen LogP contribution in [0.2, 0.25) is 0 Å². The largest absolute Gasteiger partial charge is 0.473 e. The van der Waals surface area contributed by atoms with Gasteiger partial charge in [0.05, 0.1) is 5.69 Å². The van der Waals surface area contributed by atoms with Crippen LogP contribution in [-0.2, 0) is 24.1 Å². The predicted molar refractivity (Wildman–Crippen MR) is 150 cm³/mol. The number of alkyl halides is 3. The number of nitrogens with zero attached hydrogens (tertiary/aromatic N) is 1. The van der Waals surface area contributed by atoms with Crippen LogP contribution in [0.15, 0.2) is 59.9 Å². The number of allylic oxidation sites excluding steroid dienone is 1. The zero-order valence-corrected chi connectivity index (χ0v) is 23.1. The third-order valence-corrected chi connectivity index (χ3v) is 8.27. The van der Waals surface area contributed by atoms with Crippen LogP contribution < -0.4 is 16.4 Å². The molecule has 4 N–H and O–H groups in total. The Kier molecular flexibility index (Phi) is 7.82. The molecule has 8 heteroatoms. The molecule has 0 spiro atoms. The van der Waals surface area contributed by atoms with E-state index >= 15 is 0 Å². The number of aryl methyl sites for hydroxylation is 2. The lowest BCUT2D eigenvalue weighted by molar-refractivity contribution is -0.151. The zero-order chi connectivity index (χ0) is 28.6. The van der Waals surface area contributed by atoms with Crippen molar-refractivity contribution in [2.45, 2.75) is 70.9 Å². The van der Waals surface area contributed by atoms with Crippen LogP contribution in [0.4, 0.5) is 18.9 Å². The molecule has 1 heterocycles. The maximum atomic E-state index is 14.3. The number of pyridine rings is 1. The first-order valence-electron chi connectivity index (χ1n) is 13.8. The van der Waals surface area contributed by atoms with Gasteiger partial charge in [0.25, 0.3) is 0 Å². The molecule has 1 saturated carbocycles. The molecule has 2 atom stereocenters. The molecule has 0 amide bonds. The Balaban J connectivity index is 1.49. The Morgan fingerprint density at radius 1 is 1.07 bits per heavy atom. The number of hydrogen-bond acceptors (Lipinski definition) is 5. The smallest absolute Gasteiger partial charge is 0.397 e. The van der Waals surface area contributed by atoms with E-state index in [9.17, 15) is 13.2 Å². The van der Waals surface area contributed by atoms with Crippen LogP contribution >= 0.6 is 0 Å². The number of nitrogen functional groups attached to an aromatic ring is 1. The van der Waals surface area contributed by atoms with Crippen LogP contribution in [0, 0.1) is 12.8 Å². The summed E-state index contributed by atoms with van der Waals surface area (Å²) in [5.74, 6) is 5.05. The molecule has 212 valence electrons. The number of anilines is 1. The van der Waals surface area contributed by atoms with Gasteiger partial charge in [-0.15, -0.1) is 0 Å². The summed E-state index contributed by atoms with van der Waals surface area (Å²) in [6.45, 7) is 6.42. The van der Waals surface area contributed by atoms with E-state index in [4.69, 9.17) is 21.2 Å². The highest BCUT2D eigenvalue weighted by atomic mass is 19.4. The topological polar surface area (TPSA) is 83.4 Å². The molecule has 0 bridgehead atoms. The normalized spacial score (nSPS) is 18.2. The zero-order valence-electron chi connectivity index (χ0n) is 23.1. The molecule has 3 aromatic rings. The van der Waals surface area contributed by atoms with E-state index in [0.29, 0.717) is 29.0 Å². The predicted octanol–water partition coefficient (Wildman–Crippen LogP) is 7.06. The minimum absolute atomic E-state index is 0.00279. The fraction of sp³-hybridized carbons (Fsp3) is 0.406. The van der Waals surface area contributed by atoms with Gasteiger partial charge in [0.2, 0.25) is 5.88 Å². The monoisotopic (exact) mass is 551 g/mol. The minimum atomic E-state index is -4.46. The first-order chi connectivity index (χ1) is 19.1. The lowest BCUT2D eigenvalue weighted by atomic mass is 9.84. The maximum absolute atomic E-state index is 14.3. The lowest BCUT2D eigenvalue weighted by Gasteiger charge is -2.24. The van der Waals surface area contributed by atoms with Crippen LogP contribution in [0.3, 0.4) is 0 Å². The fourth-order valence-electron chi connectivity index (χ4n) is 6.00. The molecule has 0 aliphatic heterocycles. The van der Waals surface area contributed by atoms with Crippen molar-refractivity contribution in [1.29, 1.82) is 0 Å². The van der Waals surface area contributed by atoms with Gasteiger partial charge in [-0.2, -0.15) is 19.1 Å². The van der Waals surface area contributed by atoms with E-state index in [1.54, 1.807) is 30.3 Å². The number of nitrogens with two attached hydrogens (primary N) is 2. The van der Waals surface area contributed by atoms with Crippen molar-refractivity contribution >= 4 is 5.69 Å². The average Bonchev–Trinajstić information content (AvgIpc) is 3.76. The van der Waals surface area contributed by atoms with Crippen molar-refractivity contribution in [1.82, 2.24) is 4.98 Å². The molecule has 2 aliphatic rings. The molecule has 40 heavy (non-hydrogen) atoms.